The summed E-state index contributed by atoms with van der Waals surface area (Å²) in [6.07, 6.45) is 5.32. The third-order valence-corrected chi connectivity index (χ3v) is 4.54. The normalized spacial score (nSPS) is 18.4. The van der Waals surface area contributed by atoms with Crippen molar-refractivity contribution >= 4 is 5.91 Å². The first-order valence-electron chi connectivity index (χ1n) is 8.10. The van der Waals surface area contributed by atoms with Gasteiger partial charge >= 0.3 is 0 Å². The fraction of sp³-hybridized carbons (Fsp3) is 0.750. The summed E-state index contributed by atoms with van der Waals surface area (Å²) in [5.41, 5.74) is 1.07. The van der Waals surface area contributed by atoms with Crippen molar-refractivity contribution in [3.63, 3.8) is 0 Å². The number of hydrogen-bond acceptors (Lipinski definition) is 4. The molecule has 1 atom stereocenters. The van der Waals surface area contributed by atoms with Crippen LogP contribution in [-0.4, -0.2) is 76.7 Å². The number of piperazine rings is 1. The zero-order valence-electron chi connectivity index (χ0n) is 14.3. The lowest BCUT2D eigenvalue weighted by atomic mass is 10.1. The third kappa shape index (κ3) is 4.81. The minimum Gasteiger partial charge on any atom is -0.341 e. The van der Waals surface area contributed by atoms with Crippen LogP contribution in [0.4, 0.5) is 0 Å². The molecule has 2 heterocycles. The minimum absolute atomic E-state index is 0.213. The van der Waals surface area contributed by atoms with Gasteiger partial charge in [-0.15, -0.1) is 0 Å². The summed E-state index contributed by atoms with van der Waals surface area (Å²) in [7, 11) is 5.93. The lowest BCUT2D eigenvalue weighted by Crippen LogP contribution is -2.48. The Hall–Kier alpha value is -1.40. The van der Waals surface area contributed by atoms with Gasteiger partial charge in [0.05, 0.1) is 6.20 Å². The predicted molar refractivity (Wildman–Crippen MR) is 87.4 cm³/mol. The molecule has 0 aromatic carbocycles. The predicted octanol–water partition coefficient (Wildman–Crippen LogP) is 0.795. The molecule has 0 radical (unpaired) electrons. The number of likely N-dealkylation sites (N-methyl/N-ethyl adjacent to an activating group) is 1. The highest BCUT2D eigenvalue weighted by Gasteiger charge is 2.20. The van der Waals surface area contributed by atoms with Gasteiger partial charge in [-0.1, -0.05) is 0 Å². The number of hydrogen-bond donors (Lipinski definition) is 0. The number of amides is 1. The van der Waals surface area contributed by atoms with Gasteiger partial charge in [-0.05, 0) is 20.4 Å². The van der Waals surface area contributed by atoms with E-state index in [1.807, 2.05) is 26.5 Å². The molecule has 1 aliphatic heterocycles. The van der Waals surface area contributed by atoms with Crippen molar-refractivity contribution in [2.24, 2.45) is 7.05 Å². The van der Waals surface area contributed by atoms with Crippen molar-refractivity contribution in [1.82, 2.24) is 24.5 Å². The average molecular weight is 307 g/mol. The van der Waals surface area contributed by atoms with Crippen LogP contribution in [0.2, 0.25) is 0 Å². The van der Waals surface area contributed by atoms with E-state index in [1.165, 1.54) is 0 Å². The monoisotopic (exact) mass is 307 g/mol. The smallest absolute Gasteiger partial charge is 0.222 e. The topological polar surface area (TPSA) is 44.6 Å². The lowest BCUT2D eigenvalue weighted by Gasteiger charge is -2.36. The summed E-state index contributed by atoms with van der Waals surface area (Å²) in [5.74, 6) is 0.213. The maximum atomic E-state index is 12.3. The molecule has 1 unspecified atom stereocenters. The number of aromatic nitrogens is 2. The van der Waals surface area contributed by atoms with Crippen LogP contribution < -0.4 is 0 Å². The molecule has 1 aromatic rings. The molecule has 1 aromatic heterocycles. The van der Waals surface area contributed by atoms with Crippen LogP contribution in [0, 0.1) is 0 Å². The number of nitrogens with zero attached hydrogens (tertiary/aromatic N) is 5. The molecule has 22 heavy (non-hydrogen) atoms. The van der Waals surface area contributed by atoms with Crippen molar-refractivity contribution in [3.8, 4) is 0 Å². The van der Waals surface area contributed by atoms with E-state index in [-0.39, 0.29) is 5.91 Å². The summed E-state index contributed by atoms with van der Waals surface area (Å²) in [4.78, 5) is 18.9. The van der Waals surface area contributed by atoms with Crippen LogP contribution in [0.15, 0.2) is 12.4 Å². The van der Waals surface area contributed by atoms with Gasteiger partial charge in [0.15, 0.2) is 0 Å². The quantitative estimate of drug-likeness (QED) is 0.780. The molecular weight excluding hydrogens is 278 g/mol. The van der Waals surface area contributed by atoms with E-state index in [0.29, 0.717) is 19.0 Å². The first-order chi connectivity index (χ1) is 10.5. The SMILES string of the molecule is CC(CCC(=O)N(C)Cc1cnn(C)c1)N1CCN(C)CC1. The number of aryl methyl sites for hydroxylation is 1. The zero-order valence-corrected chi connectivity index (χ0v) is 14.3. The van der Waals surface area contributed by atoms with Gasteiger partial charge in [-0.25, -0.2) is 0 Å². The van der Waals surface area contributed by atoms with E-state index in [0.717, 1.165) is 38.2 Å². The van der Waals surface area contributed by atoms with E-state index in [4.69, 9.17) is 0 Å². The second-order valence-corrected chi connectivity index (χ2v) is 6.50. The standard InChI is InChI=1S/C16H29N5O/c1-14(21-9-7-18(2)8-10-21)5-6-16(22)19(3)12-15-11-17-20(4)13-15/h11,13-14H,5-10,12H2,1-4H3. The van der Waals surface area contributed by atoms with Crippen LogP contribution in [0.3, 0.4) is 0 Å². The Morgan fingerprint density at radius 2 is 2.00 bits per heavy atom. The molecule has 6 heteroatoms. The van der Waals surface area contributed by atoms with E-state index in [9.17, 15) is 4.79 Å². The highest BCUT2D eigenvalue weighted by atomic mass is 16.2. The van der Waals surface area contributed by atoms with Crippen LogP contribution in [0.25, 0.3) is 0 Å². The molecule has 1 amide bonds. The molecule has 6 nitrogen and oxygen atoms in total. The van der Waals surface area contributed by atoms with E-state index in [1.54, 1.807) is 9.58 Å². The molecule has 2 rings (SSSR count). The molecule has 0 spiro atoms. The van der Waals surface area contributed by atoms with Gasteiger partial charge in [0.25, 0.3) is 0 Å². The molecule has 1 saturated heterocycles. The summed E-state index contributed by atoms with van der Waals surface area (Å²) < 4.78 is 1.77. The van der Waals surface area contributed by atoms with Crippen molar-refractivity contribution < 1.29 is 4.79 Å². The first-order valence-corrected chi connectivity index (χ1v) is 8.10. The highest BCUT2D eigenvalue weighted by molar-refractivity contribution is 5.75. The van der Waals surface area contributed by atoms with Crippen LogP contribution in [0.1, 0.15) is 25.3 Å². The van der Waals surface area contributed by atoms with Crippen LogP contribution in [0.5, 0.6) is 0 Å². The molecule has 1 fully saturated rings. The Morgan fingerprint density at radius 3 is 2.59 bits per heavy atom. The molecule has 124 valence electrons. The fourth-order valence-electron chi connectivity index (χ4n) is 2.88. The fourth-order valence-corrected chi connectivity index (χ4v) is 2.88. The lowest BCUT2D eigenvalue weighted by molar-refractivity contribution is -0.130. The molecular formula is C16H29N5O. The maximum absolute atomic E-state index is 12.3. The van der Waals surface area contributed by atoms with E-state index < -0.39 is 0 Å². The summed E-state index contributed by atoms with van der Waals surface area (Å²) in [6.45, 7) is 7.34. The zero-order chi connectivity index (χ0) is 16.1. The summed E-state index contributed by atoms with van der Waals surface area (Å²) in [6, 6.07) is 0.476. The van der Waals surface area contributed by atoms with Gasteiger partial charge in [0, 0.05) is 71.0 Å². The largest absolute Gasteiger partial charge is 0.341 e. The van der Waals surface area contributed by atoms with Crippen molar-refractivity contribution in [1.29, 1.82) is 0 Å². The van der Waals surface area contributed by atoms with Gasteiger partial charge in [0.2, 0.25) is 5.91 Å². The molecule has 0 aliphatic carbocycles. The van der Waals surface area contributed by atoms with Gasteiger partial charge in [-0.3, -0.25) is 14.4 Å². The van der Waals surface area contributed by atoms with Gasteiger partial charge in [0.1, 0.15) is 0 Å². The Balaban J connectivity index is 1.72. The second kappa shape index (κ2) is 7.74. The number of rotatable bonds is 6. The van der Waals surface area contributed by atoms with Gasteiger partial charge < -0.3 is 9.80 Å². The molecule has 0 N–H and O–H groups in total. The van der Waals surface area contributed by atoms with Crippen LogP contribution in [-0.2, 0) is 18.4 Å². The van der Waals surface area contributed by atoms with E-state index >= 15 is 0 Å². The summed E-state index contributed by atoms with van der Waals surface area (Å²) >= 11 is 0. The van der Waals surface area contributed by atoms with E-state index in [2.05, 4.69) is 28.9 Å². The highest BCUT2D eigenvalue weighted by Crippen LogP contribution is 2.11. The van der Waals surface area contributed by atoms with Crippen molar-refractivity contribution in [2.75, 3.05) is 40.3 Å². The molecule has 0 saturated carbocycles. The Bertz CT molecular complexity index is 479. The Kier molecular flexibility index (Phi) is 5.97. The van der Waals surface area contributed by atoms with Crippen molar-refractivity contribution in [2.45, 2.75) is 32.4 Å². The minimum atomic E-state index is 0.213. The van der Waals surface area contributed by atoms with Crippen LogP contribution >= 0.6 is 0 Å². The average Bonchev–Trinajstić information content (AvgIpc) is 2.90. The number of carbonyl (C=O) groups excluding carboxylic acids is 1. The number of carbonyl (C=O) groups is 1. The third-order valence-electron chi connectivity index (χ3n) is 4.54. The Labute approximate surface area is 133 Å². The Morgan fingerprint density at radius 1 is 1.32 bits per heavy atom. The van der Waals surface area contributed by atoms with Gasteiger partial charge in [-0.2, -0.15) is 5.10 Å². The molecule has 0 bridgehead atoms. The maximum Gasteiger partial charge on any atom is 0.222 e. The first kappa shape index (κ1) is 17.0. The van der Waals surface area contributed by atoms with Crippen molar-refractivity contribution in [3.05, 3.63) is 18.0 Å². The second-order valence-electron chi connectivity index (χ2n) is 6.50. The molecule has 1 aliphatic rings. The summed E-state index contributed by atoms with van der Waals surface area (Å²) in [5, 5.41) is 4.14.